The van der Waals surface area contributed by atoms with Crippen LogP contribution in [0.1, 0.15) is 44.9 Å². The van der Waals surface area contributed by atoms with Gasteiger partial charge in [0.1, 0.15) is 6.29 Å². The molecule has 0 aliphatic heterocycles. The summed E-state index contributed by atoms with van der Waals surface area (Å²) in [5.74, 6) is -1.30. The quantitative estimate of drug-likeness (QED) is 0.496. The maximum atomic E-state index is 12.1. The van der Waals surface area contributed by atoms with Crippen molar-refractivity contribution in [3.05, 3.63) is 65.2 Å². The van der Waals surface area contributed by atoms with Crippen LogP contribution in [0.25, 0.3) is 0 Å². The van der Waals surface area contributed by atoms with Gasteiger partial charge in [0.2, 0.25) is 0 Å². The minimum Gasteiger partial charge on any atom is -0.449 e. The Balaban J connectivity index is 1.99. The van der Waals surface area contributed by atoms with Crippen molar-refractivity contribution in [1.82, 2.24) is 0 Å². The molecule has 0 saturated carbocycles. The van der Waals surface area contributed by atoms with Crippen LogP contribution in [0.2, 0.25) is 0 Å². The Kier molecular flexibility index (Phi) is 5.79. The predicted octanol–water partition coefficient (Wildman–Crippen LogP) is 2.89. The lowest BCUT2D eigenvalue weighted by Gasteiger charge is -2.14. The summed E-state index contributed by atoms with van der Waals surface area (Å²) in [4.78, 5) is 46.1. The van der Waals surface area contributed by atoms with Gasteiger partial charge < -0.3 is 10.1 Å². The third-order valence-corrected chi connectivity index (χ3v) is 3.47. The molecule has 2 aromatic carbocycles. The molecule has 1 amide bonds. The second-order valence-electron chi connectivity index (χ2n) is 5.41. The standard InChI is InChI=1S/C19H17NO5/c1-12(22)16-4-3-5-17(10-16)20-18(23)13(2)25-19(24)15-8-6-14(11-21)7-9-15/h3-11,13H,1-2H3,(H,20,23)/t13-/m1/s1. The summed E-state index contributed by atoms with van der Waals surface area (Å²) in [6.07, 6.45) is -0.361. The van der Waals surface area contributed by atoms with Gasteiger partial charge in [0, 0.05) is 16.8 Å². The van der Waals surface area contributed by atoms with E-state index in [2.05, 4.69) is 5.32 Å². The van der Waals surface area contributed by atoms with Gasteiger partial charge in [0.25, 0.3) is 5.91 Å². The highest BCUT2D eigenvalue weighted by molar-refractivity contribution is 5.99. The van der Waals surface area contributed by atoms with Crippen LogP contribution < -0.4 is 5.32 Å². The maximum absolute atomic E-state index is 12.1. The Morgan fingerprint density at radius 3 is 2.32 bits per heavy atom. The first kappa shape index (κ1) is 18.1. The number of carbonyl (C=O) groups excluding carboxylic acids is 4. The largest absolute Gasteiger partial charge is 0.449 e. The Morgan fingerprint density at radius 2 is 1.72 bits per heavy atom. The van der Waals surface area contributed by atoms with Crippen LogP contribution >= 0.6 is 0 Å². The van der Waals surface area contributed by atoms with Crippen molar-refractivity contribution in [2.24, 2.45) is 0 Å². The highest BCUT2D eigenvalue weighted by atomic mass is 16.5. The van der Waals surface area contributed by atoms with Gasteiger partial charge in [-0.15, -0.1) is 0 Å². The number of nitrogens with one attached hydrogen (secondary N) is 1. The molecule has 0 fully saturated rings. The molecule has 2 rings (SSSR count). The molecule has 128 valence electrons. The molecule has 0 aromatic heterocycles. The lowest BCUT2D eigenvalue weighted by atomic mass is 10.1. The number of rotatable bonds is 6. The fourth-order valence-corrected chi connectivity index (χ4v) is 2.04. The second kappa shape index (κ2) is 8.01. The van der Waals surface area contributed by atoms with Crippen molar-refractivity contribution in [2.75, 3.05) is 5.32 Å². The molecule has 0 heterocycles. The molecule has 0 unspecified atom stereocenters. The number of benzene rings is 2. The van der Waals surface area contributed by atoms with E-state index in [-0.39, 0.29) is 11.3 Å². The third kappa shape index (κ3) is 4.84. The Hall–Kier alpha value is -3.28. The van der Waals surface area contributed by atoms with E-state index in [0.29, 0.717) is 23.1 Å². The highest BCUT2D eigenvalue weighted by Gasteiger charge is 2.19. The highest BCUT2D eigenvalue weighted by Crippen LogP contribution is 2.13. The molecule has 6 nitrogen and oxygen atoms in total. The number of hydrogen-bond acceptors (Lipinski definition) is 5. The first-order valence-electron chi connectivity index (χ1n) is 7.59. The first-order chi connectivity index (χ1) is 11.9. The van der Waals surface area contributed by atoms with E-state index in [1.165, 1.54) is 38.1 Å². The van der Waals surface area contributed by atoms with Crippen LogP contribution in [0.5, 0.6) is 0 Å². The predicted molar refractivity (Wildman–Crippen MR) is 91.8 cm³/mol. The van der Waals surface area contributed by atoms with E-state index in [1.54, 1.807) is 24.3 Å². The molecular formula is C19H17NO5. The Morgan fingerprint density at radius 1 is 1.04 bits per heavy atom. The monoisotopic (exact) mass is 339 g/mol. The second-order valence-corrected chi connectivity index (χ2v) is 5.41. The van der Waals surface area contributed by atoms with E-state index >= 15 is 0 Å². The van der Waals surface area contributed by atoms with Crippen molar-refractivity contribution >= 4 is 29.6 Å². The zero-order valence-corrected chi connectivity index (χ0v) is 13.8. The summed E-state index contributed by atoms with van der Waals surface area (Å²) in [6.45, 7) is 2.88. The summed E-state index contributed by atoms with van der Waals surface area (Å²) in [7, 11) is 0. The molecule has 2 aromatic rings. The number of ketones is 1. The van der Waals surface area contributed by atoms with E-state index in [1.807, 2.05) is 0 Å². The summed E-state index contributed by atoms with van der Waals surface area (Å²) < 4.78 is 5.12. The lowest BCUT2D eigenvalue weighted by Crippen LogP contribution is -2.30. The van der Waals surface area contributed by atoms with Crippen molar-refractivity contribution in [2.45, 2.75) is 20.0 Å². The van der Waals surface area contributed by atoms with Crippen molar-refractivity contribution in [3.8, 4) is 0 Å². The number of esters is 1. The van der Waals surface area contributed by atoms with Crippen molar-refractivity contribution in [3.63, 3.8) is 0 Å². The normalized spacial score (nSPS) is 11.3. The number of amides is 1. The van der Waals surface area contributed by atoms with Gasteiger partial charge in [0.05, 0.1) is 5.56 Å². The van der Waals surface area contributed by atoms with Crippen LogP contribution in [0.4, 0.5) is 5.69 Å². The van der Waals surface area contributed by atoms with Gasteiger partial charge in [-0.2, -0.15) is 0 Å². The van der Waals surface area contributed by atoms with Gasteiger partial charge in [-0.25, -0.2) is 4.79 Å². The number of hydrogen-bond donors (Lipinski definition) is 1. The van der Waals surface area contributed by atoms with Crippen LogP contribution in [-0.2, 0) is 9.53 Å². The van der Waals surface area contributed by atoms with Crippen LogP contribution in [0.15, 0.2) is 48.5 Å². The topological polar surface area (TPSA) is 89.5 Å². The van der Waals surface area contributed by atoms with E-state index in [4.69, 9.17) is 4.74 Å². The summed E-state index contributed by atoms with van der Waals surface area (Å²) >= 11 is 0. The summed E-state index contributed by atoms with van der Waals surface area (Å²) in [5.41, 5.74) is 1.59. The number of ether oxygens (including phenoxy) is 1. The van der Waals surface area contributed by atoms with Crippen molar-refractivity contribution < 1.29 is 23.9 Å². The molecule has 25 heavy (non-hydrogen) atoms. The molecule has 1 N–H and O–H groups in total. The van der Waals surface area contributed by atoms with Gasteiger partial charge in [-0.1, -0.05) is 24.3 Å². The lowest BCUT2D eigenvalue weighted by molar-refractivity contribution is -0.123. The molecular weight excluding hydrogens is 322 g/mol. The third-order valence-electron chi connectivity index (χ3n) is 3.47. The molecule has 1 atom stereocenters. The zero-order valence-electron chi connectivity index (χ0n) is 13.8. The zero-order chi connectivity index (χ0) is 18.4. The summed E-state index contributed by atoms with van der Waals surface area (Å²) in [6, 6.07) is 12.4. The van der Waals surface area contributed by atoms with E-state index in [9.17, 15) is 19.2 Å². The number of carbonyl (C=O) groups is 4. The molecule has 0 aliphatic rings. The maximum Gasteiger partial charge on any atom is 0.338 e. The van der Waals surface area contributed by atoms with E-state index in [0.717, 1.165) is 0 Å². The van der Waals surface area contributed by atoms with Gasteiger partial charge in [-0.3, -0.25) is 14.4 Å². The fraction of sp³-hybridized carbons (Fsp3) is 0.158. The smallest absolute Gasteiger partial charge is 0.338 e. The minimum atomic E-state index is -1.03. The Bertz CT molecular complexity index is 811. The molecule has 6 heteroatoms. The van der Waals surface area contributed by atoms with Crippen LogP contribution in [-0.4, -0.2) is 30.0 Å². The number of aldehydes is 1. The number of Topliss-reactive ketones (excluding diaryl/α,β-unsaturated/α-hetero) is 1. The van der Waals surface area contributed by atoms with E-state index < -0.39 is 18.0 Å². The molecule has 0 aliphatic carbocycles. The average Bonchev–Trinajstić information content (AvgIpc) is 2.61. The molecule has 0 radical (unpaired) electrons. The molecule has 0 spiro atoms. The van der Waals surface area contributed by atoms with Gasteiger partial charge in [-0.05, 0) is 38.1 Å². The SMILES string of the molecule is CC(=O)c1cccc(NC(=O)[C@@H](C)OC(=O)c2ccc(C=O)cc2)c1. The minimum absolute atomic E-state index is 0.116. The van der Waals surface area contributed by atoms with Gasteiger partial charge >= 0.3 is 5.97 Å². The van der Waals surface area contributed by atoms with Crippen LogP contribution in [0, 0.1) is 0 Å². The van der Waals surface area contributed by atoms with Crippen molar-refractivity contribution in [1.29, 1.82) is 0 Å². The first-order valence-corrected chi connectivity index (χ1v) is 7.59. The fourth-order valence-electron chi connectivity index (χ4n) is 2.04. The van der Waals surface area contributed by atoms with Crippen LogP contribution in [0.3, 0.4) is 0 Å². The molecule has 0 saturated heterocycles. The Labute approximate surface area is 144 Å². The summed E-state index contributed by atoms with van der Waals surface area (Å²) in [5, 5.41) is 2.60. The number of anilines is 1. The molecule has 0 bridgehead atoms. The van der Waals surface area contributed by atoms with Gasteiger partial charge in [0.15, 0.2) is 11.9 Å². The average molecular weight is 339 g/mol.